The molecule has 0 fully saturated rings. The fourth-order valence-electron chi connectivity index (χ4n) is 0.777. The Morgan fingerprint density at radius 2 is 2.00 bits per heavy atom. The van der Waals surface area contributed by atoms with Crippen molar-refractivity contribution in [2.45, 2.75) is 32.4 Å². The van der Waals surface area contributed by atoms with Gasteiger partial charge in [-0.05, 0) is 12.3 Å². The molecule has 3 heteroatoms. The molecule has 0 saturated carbocycles. The van der Waals surface area contributed by atoms with Gasteiger partial charge in [0.1, 0.15) is 0 Å². The molecule has 1 unspecified atom stereocenters. The minimum absolute atomic E-state index is 0.384. The fraction of sp³-hybridized carbons (Fsp3) is 1.00. The lowest BCUT2D eigenvalue weighted by atomic mass is 10.1. The molecule has 0 saturated heterocycles. The van der Waals surface area contributed by atoms with E-state index >= 15 is 0 Å². The molecule has 0 spiro atoms. The lowest BCUT2D eigenvalue weighted by Crippen LogP contribution is -2.01. The van der Waals surface area contributed by atoms with Gasteiger partial charge in [-0.25, -0.2) is 5.26 Å². The topological polar surface area (TPSA) is 29.5 Å². The smallest absolute Gasteiger partial charge is 0.0343 e. The van der Waals surface area contributed by atoms with Crippen LogP contribution in [-0.4, -0.2) is 10.5 Å². The summed E-state index contributed by atoms with van der Waals surface area (Å²) in [6.45, 7) is 6.32. The Bertz CT molecular complexity index is 66.1. The van der Waals surface area contributed by atoms with Gasteiger partial charge in [-0.3, -0.25) is 0 Å². The van der Waals surface area contributed by atoms with Crippen molar-refractivity contribution in [2.75, 3.05) is 0 Å². The SMILES string of the molecule is CC(C)CC(C)SOO. The van der Waals surface area contributed by atoms with Gasteiger partial charge in [0.2, 0.25) is 0 Å². The molecule has 1 N–H and O–H groups in total. The molecule has 9 heavy (non-hydrogen) atoms. The largest absolute Gasteiger partial charge is 0.239 e. The molecule has 0 aliphatic carbocycles. The third-order valence-corrected chi connectivity index (χ3v) is 1.62. The molecule has 0 radical (unpaired) electrons. The van der Waals surface area contributed by atoms with E-state index < -0.39 is 0 Å². The zero-order valence-electron chi connectivity index (χ0n) is 6.13. The van der Waals surface area contributed by atoms with Crippen LogP contribution in [0, 0.1) is 5.92 Å². The maximum atomic E-state index is 8.01. The quantitative estimate of drug-likeness (QED) is 0.379. The summed E-state index contributed by atoms with van der Waals surface area (Å²) in [5.41, 5.74) is 0. The van der Waals surface area contributed by atoms with Crippen molar-refractivity contribution in [3.63, 3.8) is 0 Å². The highest BCUT2D eigenvalue weighted by molar-refractivity contribution is 7.95. The molecule has 0 aliphatic heterocycles. The van der Waals surface area contributed by atoms with Crippen LogP contribution < -0.4 is 0 Å². The van der Waals surface area contributed by atoms with Gasteiger partial charge >= 0.3 is 0 Å². The first-order valence-electron chi connectivity index (χ1n) is 3.13. The summed E-state index contributed by atoms with van der Waals surface area (Å²) in [5, 5.41) is 8.40. The Hall–Kier alpha value is 0.270. The second kappa shape index (κ2) is 5.09. The van der Waals surface area contributed by atoms with Crippen LogP contribution in [0.25, 0.3) is 0 Å². The predicted octanol–water partition coefficient (Wildman–Crippen LogP) is 2.56. The van der Waals surface area contributed by atoms with Crippen LogP contribution in [0.4, 0.5) is 0 Å². The molecular weight excluding hydrogens is 136 g/mol. The fourth-order valence-corrected chi connectivity index (χ4v) is 1.39. The first kappa shape index (κ1) is 9.27. The van der Waals surface area contributed by atoms with Gasteiger partial charge in [-0.1, -0.05) is 20.8 Å². The summed E-state index contributed by atoms with van der Waals surface area (Å²) < 4.78 is 3.92. The van der Waals surface area contributed by atoms with Crippen molar-refractivity contribution < 1.29 is 9.59 Å². The molecule has 56 valence electrons. The van der Waals surface area contributed by atoms with E-state index in [0.29, 0.717) is 11.2 Å². The molecule has 0 amide bonds. The molecule has 0 aliphatic rings. The van der Waals surface area contributed by atoms with E-state index in [-0.39, 0.29) is 0 Å². The van der Waals surface area contributed by atoms with Gasteiger partial charge in [0, 0.05) is 17.3 Å². The third-order valence-electron chi connectivity index (χ3n) is 1.01. The summed E-state index contributed by atoms with van der Waals surface area (Å²) in [6, 6.07) is 0. The van der Waals surface area contributed by atoms with Crippen LogP contribution in [0.5, 0.6) is 0 Å². The summed E-state index contributed by atoms with van der Waals surface area (Å²) in [7, 11) is 0. The first-order valence-corrected chi connectivity index (χ1v) is 3.94. The molecule has 0 aromatic rings. The summed E-state index contributed by atoms with van der Waals surface area (Å²) >= 11 is 1.12. The van der Waals surface area contributed by atoms with Crippen molar-refractivity contribution in [2.24, 2.45) is 5.92 Å². The van der Waals surface area contributed by atoms with Crippen molar-refractivity contribution in [3.05, 3.63) is 0 Å². The Morgan fingerprint density at radius 1 is 1.44 bits per heavy atom. The molecule has 1 atom stereocenters. The van der Waals surface area contributed by atoms with Gasteiger partial charge in [-0.2, -0.15) is 4.33 Å². The molecular formula is C6H14O2S. The highest BCUT2D eigenvalue weighted by Crippen LogP contribution is 2.17. The minimum Gasteiger partial charge on any atom is -0.239 e. The molecule has 0 bridgehead atoms. The van der Waals surface area contributed by atoms with E-state index in [1.807, 2.05) is 6.92 Å². The van der Waals surface area contributed by atoms with Crippen molar-refractivity contribution >= 4 is 12.0 Å². The van der Waals surface area contributed by atoms with Gasteiger partial charge in [-0.15, -0.1) is 0 Å². The monoisotopic (exact) mass is 150 g/mol. The number of hydrogen-bond donors (Lipinski definition) is 1. The van der Waals surface area contributed by atoms with Gasteiger partial charge in [0.05, 0.1) is 0 Å². The second-order valence-corrected chi connectivity index (χ2v) is 3.76. The van der Waals surface area contributed by atoms with Crippen molar-refractivity contribution in [3.8, 4) is 0 Å². The summed E-state index contributed by atoms with van der Waals surface area (Å²) in [5.74, 6) is 0.669. The van der Waals surface area contributed by atoms with Crippen LogP contribution in [0.15, 0.2) is 0 Å². The van der Waals surface area contributed by atoms with E-state index in [1.54, 1.807) is 0 Å². The minimum atomic E-state index is 0.384. The standard InChI is InChI=1S/C6H14O2S/c1-5(2)4-6(3)9-8-7/h5-7H,4H2,1-3H3. The zero-order valence-corrected chi connectivity index (χ0v) is 6.94. The third kappa shape index (κ3) is 6.15. The number of rotatable bonds is 4. The van der Waals surface area contributed by atoms with Gasteiger partial charge < -0.3 is 0 Å². The average Bonchev–Trinajstić information content (AvgIpc) is 1.63. The maximum absolute atomic E-state index is 8.01. The van der Waals surface area contributed by atoms with E-state index in [1.165, 1.54) is 0 Å². The number of hydrogen-bond acceptors (Lipinski definition) is 3. The lowest BCUT2D eigenvalue weighted by molar-refractivity contribution is -0.117. The van der Waals surface area contributed by atoms with Gasteiger partial charge in [0.15, 0.2) is 0 Å². The highest BCUT2D eigenvalue weighted by atomic mass is 32.2. The van der Waals surface area contributed by atoms with E-state index in [9.17, 15) is 0 Å². The Balaban J connectivity index is 3.15. The zero-order chi connectivity index (χ0) is 7.28. The molecule has 0 rings (SSSR count). The normalized spacial score (nSPS) is 14.3. The molecule has 2 nitrogen and oxygen atoms in total. The van der Waals surface area contributed by atoms with Crippen LogP contribution in [0.2, 0.25) is 0 Å². The van der Waals surface area contributed by atoms with Crippen molar-refractivity contribution in [1.29, 1.82) is 0 Å². The second-order valence-electron chi connectivity index (χ2n) is 2.61. The van der Waals surface area contributed by atoms with Crippen LogP contribution in [0.3, 0.4) is 0 Å². The van der Waals surface area contributed by atoms with E-state index in [4.69, 9.17) is 5.26 Å². The average molecular weight is 150 g/mol. The lowest BCUT2D eigenvalue weighted by Gasteiger charge is -2.09. The maximum Gasteiger partial charge on any atom is 0.0343 e. The Labute approximate surface area is 60.7 Å². The molecule has 0 aromatic carbocycles. The molecule has 0 aromatic heterocycles. The first-order chi connectivity index (χ1) is 4.16. The Kier molecular flexibility index (Phi) is 5.24. The van der Waals surface area contributed by atoms with Crippen LogP contribution in [0.1, 0.15) is 27.2 Å². The van der Waals surface area contributed by atoms with Gasteiger partial charge in [0.25, 0.3) is 0 Å². The van der Waals surface area contributed by atoms with E-state index in [2.05, 4.69) is 18.2 Å². The Morgan fingerprint density at radius 3 is 2.33 bits per heavy atom. The van der Waals surface area contributed by atoms with Crippen molar-refractivity contribution in [1.82, 2.24) is 0 Å². The van der Waals surface area contributed by atoms with Crippen LogP contribution in [-0.2, 0) is 4.33 Å². The molecule has 0 heterocycles. The van der Waals surface area contributed by atoms with E-state index in [0.717, 1.165) is 18.5 Å². The summed E-state index contributed by atoms with van der Waals surface area (Å²) in [6.07, 6.45) is 1.07. The predicted molar refractivity (Wildman–Crippen MR) is 40.2 cm³/mol. The van der Waals surface area contributed by atoms with Crippen LogP contribution >= 0.6 is 12.0 Å². The summed E-state index contributed by atoms with van der Waals surface area (Å²) in [4.78, 5) is 0. The highest BCUT2D eigenvalue weighted by Gasteiger charge is 2.04.